The molecule has 3 fully saturated rings. The van der Waals surface area contributed by atoms with Gasteiger partial charge in [-0.05, 0) is 68.1 Å². The number of fused-ring (bicyclic) bond motifs is 1. The van der Waals surface area contributed by atoms with Crippen molar-refractivity contribution in [1.29, 1.82) is 0 Å². The quantitative estimate of drug-likeness (QED) is 0.587. The molecule has 0 heterocycles. The number of aliphatic hydroxyl groups excluding tert-OH is 2. The highest BCUT2D eigenvalue weighted by Gasteiger charge is 2.57. The Labute approximate surface area is 158 Å². The summed E-state index contributed by atoms with van der Waals surface area (Å²) in [5, 5.41) is 20.0. The van der Waals surface area contributed by atoms with Crippen LogP contribution in [0.5, 0.6) is 0 Å². The number of rotatable bonds is 4. The van der Waals surface area contributed by atoms with Gasteiger partial charge in [0.25, 0.3) is 0 Å². The lowest BCUT2D eigenvalue weighted by molar-refractivity contribution is -0.173. The smallest absolute Gasteiger partial charge is 0.302 e. The average Bonchev–Trinajstić information content (AvgIpc) is 2.87. The minimum atomic E-state index is -0.385. The van der Waals surface area contributed by atoms with Crippen LogP contribution in [-0.4, -0.2) is 35.0 Å². The van der Waals surface area contributed by atoms with Gasteiger partial charge in [-0.2, -0.15) is 0 Å². The molecule has 2 N–H and O–H groups in total. The second-order valence-electron chi connectivity index (χ2n) is 9.52. The summed E-state index contributed by atoms with van der Waals surface area (Å²) in [6, 6.07) is 0. The second-order valence-corrected chi connectivity index (χ2v) is 9.52. The average molecular weight is 365 g/mol. The number of hydrogen-bond donors (Lipinski definition) is 2. The number of carbonyl (C=O) groups excluding carboxylic acids is 1. The molecule has 0 unspecified atom stereocenters. The Morgan fingerprint density at radius 3 is 2.62 bits per heavy atom. The lowest BCUT2D eigenvalue weighted by Crippen LogP contribution is -2.53. The van der Waals surface area contributed by atoms with E-state index in [1.165, 1.54) is 12.5 Å². The molecule has 0 spiro atoms. The molecule has 3 saturated carbocycles. The van der Waals surface area contributed by atoms with E-state index >= 15 is 0 Å². The van der Waals surface area contributed by atoms with Crippen LogP contribution in [0.1, 0.15) is 72.1 Å². The summed E-state index contributed by atoms with van der Waals surface area (Å²) in [5.41, 5.74) is 1.44. The van der Waals surface area contributed by atoms with E-state index in [1.807, 2.05) is 0 Å². The minimum Gasteiger partial charge on any atom is -0.462 e. The molecule has 0 aromatic carbocycles. The zero-order chi connectivity index (χ0) is 19.1. The highest BCUT2D eigenvalue weighted by molar-refractivity contribution is 5.66. The molecule has 3 aliphatic carbocycles. The third kappa shape index (κ3) is 3.24. The van der Waals surface area contributed by atoms with Crippen LogP contribution in [0.2, 0.25) is 0 Å². The monoisotopic (exact) mass is 364 g/mol. The number of carbonyl (C=O) groups is 1. The molecule has 0 bridgehead atoms. The van der Waals surface area contributed by atoms with Gasteiger partial charge in [-0.1, -0.05) is 26.0 Å². The predicted octanol–water partition coefficient (Wildman–Crippen LogP) is 3.85. The molecular formula is C22H36O4. The highest BCUT2D eigenvalue weighted by Crippen LogP contribution is 2.63. The predicted molar refractivity (Wildman–Crippen MR) is 101 cm³/mol. The van der Waals surface area contributed by atoms with Gasteiger partial charge in [-0.15, -0.1) is 0 Å². The number of hydrogen-bond acceptors (Lipinski definition) is 4. The highest BCUT2D eigenvalue weighted by atomic mass is 16.5. The minimum absolute atomic E-state index is 0.129. The fraction of sp³-hybridized carbons (Fsp3) is 0.864. The van der Waals surface area contributed by atoms with Crippen LogP contribution in [0, 0.1) is 28.6 Å². The van der Waals surface area contributed by atoms with Gasteiger partial charge < -0.3 is 14.9 Å². The van der Waals surface area contributed by atoms with Crippen molar-refractivity contribution < 1.29 is 19.7 Å². The second kappa shape index (κ2) is 7.27. The van der Waals surface area contributed by atoms with Crippen LogP contribution in [0.15, 0.2) is 12.2 Å². The van der Waals surface area contributed by atoms with Crippen molar-refractivity contribution in [2.24, 2.45) is 28.6 Å². The maximum absolute atomic E-state index is 11.7. The summed E-state index contributed by atoms with van der Waals surface area (Å²) >= 11 is 0. The summed E-state index contributed by atoms with van der Waals surface area (Å²) in [5.74, 6) is 1.14. The first-order valence-electron chi connectivity index (χ1n) is 10.4. The van der Waals surface area contributed by atoms with E-state index in [0.717, 1.165) is 44.9 Å². The van der Waals surface area contributed by atoms with Gasteiger partial charge in [-0.3, -0.25) is 4.79 Å². The van der Waals surface area contributed by atoms with E-state index in [1.54, 1.807) is 0 Å². The van der Waals surface area contributed by atoms with Crippen LogP contribution in [0.4, 0.5) is 0 Å². The van der Waals surface area contributed by atoms with Crippen molar-refractivity contribution in [1.82, 2.24) is 0 Å². The molecule has 0 aromatic rings. The third-order valence-corrected chi connectivity index (χ3v) is 8.25. The normalized spacial score (nSPS) is 46.0. The maximum Gasteiger partial charge on any atom is 0.302 e. The van der Waals surface area contributed by atoms with E-state index < -0.39 is 0 Å². The molecular weight excluding hydrogens is 328 g/mol. The summed E-state index contributed by atoms with van der Waals surface area (Å²) in [4.78, 5) is 11.7. The van der Waals surface area contributed by atoms with E-state index in [2.05, 4.69) is 20.4 Å². The number of ether oxygens (including phenoxy) is 1. The SMILES string of the molecule is C=C1CC[C@H]2[C@H](CCO)[C@@H]([C@@]3(C)CC[C@H](O)C[C@@H]3OC(C)=O)CC[C@]12C. The first-order valence-corrected chi connectivity index (χ1v) is 10.4. The standard InChI is InChI=1S/C22H36O4/c1-14-5-6-18-17(9-12-23)19(8-11-21(14,18)3)22(4)10-7-16(25)13-20(22)26-15(2)24/h16-20,23,25H,1,5-13H2,2-4H3/t16-,17-,18-,19-,20-,21+,22+/m0/s1. The molecule has 0 saturated heterocycles. The first kappa shape index (κ1) is 19.9. The van der Waals surface area contributed by atoms with Gasteiger partial charge in [0.05, 0.1) is 6.10 Å². The number of aliphatic hydroxyl groups is 2. The van der Waals surface area contributed by atoms with Crippen molar-refractivity contribution >= 4 is 5.97 Å². The summed E-state index contributed by atoms with van der Waals surface area (Å²) in [7, 11) is 0. The van der Waals surface area contributed by atoms with Crippen molar-refractivity contribution in [2.45, 2.75) is 84.3 Å². The molecule has 26 heavy (non-hydrogen) atoms. The maximum atomic E-state index is 11.7. The molecule has 0 amide bonds. The Morgan fingerprint density at radius 2 is 1.96 bits per heavy atom. The fourth-order valence-electron chi connectivity index (χ4n) is 6.64. The zero-order valence-electron chi connectivity index (χ0n) is 16.7. The largest absolute Gasteiger partial charge is 0.462 e. The molecule has 3 aliphatic rings. The molecule has 0 radical (unpaired) electrons. The molecule has 7 atom stereocenters. The summed E-state index contributed by atoms with van der Waals surface area (Å²) < 4.78 is 5.74. The van der Waals surface area contributed by atoms with Crippen molar-refractivity contribution in [3.05, 3.63) is 12.2 Å². The Balaban J connectivity index is 1.92. The molecule has 4 nitrogen and oxygen atoms in total. The molecule has 148 valence electrons. The molecule has 4 heteroatoms. The van der Waals surface area contributed by atoms with Gasteiger partial charge in [0.2, 0.25) is 0 Å². The summed E-state index contributed by atoms with van der Waals surface area (Å²) in [6.07, 6.45) is 6.85. The number of allylic oxidation sites excluding steroid dienone is 1. The molecule has 0 aromatic heterocycles. The van der Waals surface area contributed by atoms with Gasteiger partial charge in [0.1, 0.15) is 6.10 Å². The van der Waals surface area contributed by atoms with Crippen molar-refractivity contribution in [3.63, 3.8) is 0 Å². The fourth-order valence-corrected chi connectivity index (χ4v) is 6.64. The van der Waals surface area contributed by atoms with E-state index in [4.69, 9.17) is 4.74 Å². The Morgan fingerprint density at radius 1 is 1.23 bits per heavy atom. The van der Waals surface area contributed by atoms with Gasteiger partial charge in [0, 0.05) is 25.4 Å². The van der Waals surface area contributed by atoms with Crippen LogP contribution in [-0.2, 0) is 9.53 Å². The van der Waals surface area contributed by atoms with Gasteiger partial charge in [-0.25, -0.2) is 0 Å². The molecule has 3 rings (SSSR count). The Hall–Kier alpha value is -0.870. The molecule has 0 aliphatic heterocycles. The van der Waals surface area contributed by atoms with Crippen LogP contribution >= 0.6 is 0 Å². The van der Waals surface area contributed by atoms with Crippen LogP contribution < -0.4 is 0 Å². The Kier molecular flexibility index (Phi) is 5.56. The van der Waals surface area contributed by atoms with Crippen LogP contribution in [0.3, 0.4) is 0 Å². The van der Waals surface area contributed by atoms with E-state index in [0.29, 0.717) is 24.2 Å². The zero-order valence-corrected chi connectivity index (χ0v) is 16.7. The topological polar surface area (TPSA) is 66.8 Å². The summed E-state index contributed by atoms with van der Waals surface area (Å²) in [6.45, 7) is 10.7. The lowest BCUT2D eigenvalue weighted by atomic mass is 9.50. The van der Waals surface area contributed by atoms with Crippen molar-refractivity contribution in [2.75, 3.05) is 6.61 Å². The Bertz CT molecular complexity index is 558. The third-order valence-electron chi connectivity index (χ3n) is 8.25. The van der Waals surface area contributed by atoms with E-state index in [9.17, 15) is 15.0 Å². The van der Waals surface area contributed by atoms with Crippen LogP contribution in [0.25, 0.3) is 0 Å². The van der Waals surface area contributed by atoms with E-state index in [-0.39, 0.29) is 35.6 Å². The number of esters is 1. The van der Waals surface area contributed by atoms with Gasteiger partial charge >= 0.3 is 5.97 Å². The lowest BCUT2D eigenvalue weighted by Gasteiger charge is -2.56. The van der Waals surface area contributed by atoms with Crippen molar-refractivity contribution in [3.8, 4) is 0 Å². The van der Waals surface area contributed by atoms with Gasteiger partial charge in [0.15, 0.2) is 0 Å². The first-order chi connectivity index (χ1) is 12.2.